The summed E-state index contributed by atoms with van der Waals surface area (Å²) in [6.45, 7) is 0.856. The van der Waals surface area contributed by atoms with Crippen molar-refractivity contribution >= 4 is 33.2 Å². The summed E-state index contributed by atoms with van der Waals surface area (Å²) in [6, 6.07) is 7.33. The van der Waals surface area contributed by atoms with Gasteiger partial charge in [-0.2, -0.15) is 0 Å². The van der Waals surface area contributed by atoms with Gasteiger partial charge in [-0.15, -0.1) is 11.3 Å². The van der Waals surface area contributed by atoms with Crippen molar-refractivity contribution in [2.24, 2.45) is 5.73 Å². The number of aromatic nitrogens is 1. The van der Waals surface area contributed by atoms with E-state index in [1.54, 1.807) is 29.7 Å². The summed E-state index contributed by atoms with van der Waals surface area (Å²) >= 11 is 4.99. The monoisotopic (exact) mass is 325 g/mol. The molecule has 4 nitrogen and oxygen atoms in total. The van der Waals surface area contributed by atoms with Gasteiger partial charge in [-0.05, 0) is 40.2 Å². The Morgan fingerprint density at radius 3 is 2.94 bits per heavy atom. The Balaban J connectivity index is 1.99. The molecule has 0 radical (unpaired) electrons. The van der Waals surface area contributed by atoms with Crippen molar-refractivity contribution in [1.82, 2.24) is 10.3 Å². The zero-order valence-electron chi connectivity index (χ0n) is 9.52. The molecule has 1 amide bonds. The second-order valence-electron chi connectivity index (χ2n) is 3.63. The Labute approximate surface area is 117 Å². The second-order valence-corrected chi connectivity index (χ2v) is 6.18. The SMILES string of the molecule is NCc1cc(C(=O)NCc2ccc(Br)s2)ccn1. The smallest absolute Gasteiger partial charge is 0.251 e. The average Bonchev–Trinajstić information content (AvgIpc) is 2.82. The van der Waals surface area contributed by atoms with Crippen LogP contribution in [-0.4, -0.2) is 10.9 Å². The van der Waals surface area contributed by atoms with Gasteiger partial charge in [-0.25, -0.2) is 0 Å². The van der Waals surface area contributed by atoms with E-state index in [4.69, 9.17) is 5.73 Å². The first kappa shape index (κ1) is 13.2. The number of hydrogen-bond acceptors (Lipinski definition) is 4. The molecule has 2 heterocycles. The van der Waals surface area contributed by atoms with E-state index in [0.717, 1.165) is 8.66 Å². The van der Waals surface area contributed by atoms with Gasteiger partial charge >= 0.3 is 0 Å². The van der Waals surface area contributed by atoms with Crippen LogP contribution < -0.4 is 11.1 Å². The maximum Gasteiger partial charge on any atom is 0.251 e. The van der Waals surface area contributed by atoms with E-state index in [-0.39, 0.29) is 5.91 Å². The zero-order chi connectivity index (χ0) is 13.0. The van der Waals surface area contributed by atoms with Crippen LogP contribution in [0.3, 0.4) is 0 Å². The molecule has 0 spiro atoms. The predicted octanol–water partition coefficient (Wildman–Crippen LogP) is 2.29. The highest BCUT2D eigenvalue weighted by Crippen LogP contribution is 2.21. The van der Waals surface area contributed by atoms with E-state index >= 15 is 0 Å². The Morgan fingerprint density at radius 1 is 1.44 bits per heavy atom. The van der Waals surface area contributed by atoms with E-state index in [0.29, 0.717) is 24.3 Å². The number of nitrogens with one attached hydrogen (secondary N) is 1. The highest BCUT2D eigenvalue weighted by molar-refractivity contribution is 9.11. The third-order valence-electron chi connectivity index (χ3n) is 2.34. The van der Waals surface area contributed by atoms with E-state index < -0.39 is 0 Å². The van der Waals surface area contributed by atoms with Crippen molar-refractivity contribution in [3.8, 4) is 0 Å². The Hall–Kier alpha value is -1.24. The lowest BCUT2D eigenvalue weighted by Gasteiger charge is -2.04. The van der Waals surface area contributed by atoms with Crippen LogP contribution in [0.25, 0.3) is 0 Å². The first-order valence-electron chi connectivity index (χ1n) is 5.36. The largest absolute Gasteiger partial charge is 0.347 e. The summed E-state index contributed by atoms with van der Waals surface area (Å²) in [5.74, 6) is -0.114. The molecule has 18 heavy (non-hydrogen) atoms. The topological polar surface area (TPSA) is 68.0 Å². The summed E-state index contributed by atoms with van der Waals surface area (Å²) in [6.07, 6.45) is 1.60. The zero-order valence-corrected chi connectivity index (χ0v) is 11.9. The number of hydrogen-bond donors (Lipinski definition) is 2. The molecule has 0 aliphatic carbocycles. The van der Waals surface area contributed by atoms with E-state index in [2.05, 4.69) is 26.2 Å². The van der Waals surface area contributed by atoms with E-state index in [9.17, 15) is 4.79 Å². The van der Waals surface area contributed by atoms with Crippen LogP contribution >= 0.6 is 27.3 Å². The van der Waals surface area contributed by atoms with Crippen LogP contribution in [0.1, 0.15) is 20.9 Å². The van der Waals surface area contributed by atoms with Crippen LogP contribution in [0.5, 0.6) is 0 Å². The molecule has 0 aromatic carbocycles. The lowest BCUT2D eigenvalue weighted by Crippen LogP contribution is -2.22. The number of halogens is 1. The fourth-order valence-electron chi connectivity index (χ4n) is 1.45. The Bertz CT molecular complexity index is 556. The number of nitrogens with two attached hydrogens (primary N) is 1. The van der Waals surface area contributed by atoms with Crippen LogP contribution in [0.2, 0.25) is 0 Å². The van der Waals surface area contributed by atoms with Gasteiger partial charge in [0.1, 0.15) is 0 Å². The molecule has 0 saturated heterocycles. The lowest BCUT2D eigenvalue weighted by molar-refractivity contribution is 0.0951. The fraction of sp³-hybridized carbons (Fsp3) is 0.167. The first-order valence-corrected chi connectivity index (χ1v) is 6.97. The van der Waals surface area contributed by atoms with Crippen molar-refractivity contribution < 1.29 is 4.79 Å². The van der Waals surface area contributed by atoms with Crippen molar-refractivity contribution in [3.05, 3.63) is 50.4 Å². The van der Waals surface area contributed by atoms with Gasteiger partial charge in [0.2, 0.25) is 0 Å². The molecule has 0 aliphatic heterocycles. The molecule has 0 saturated carbocycles. The molecular weight excluding hydrogens is 314 g/mol. The standard InChI is InChI=1S/C12H12BrN3OS/c13-11-2-1-10(18-11)7-16-12(17)8-3-4-15-9(5-8)6-14/h1-5H,6-7,14H2,(H,16,17). The van der Waals surface area contributed by atoms with E-state index in [1.807, 2.05) is 12.1 Å². The minimum absolute atomic E-state index is 0.114. The summed E-state index contributed by atoms with van der Waals surface area (Å²) in [4.78, 5) is 17.1. The number of nitrogens with zero attached hydrogens (tertiary/aromatic N) is 1. The van der Waals surface area contributed by atoms with Crippen LogP contribution in [0.4, 0.5) is 0 Å². The minimum Gasteiger partial charge on any atom is -0.347 e. The quantitative estimate of drug-likeness (QED) is 0.906. The summed E-state index contributed by atoms with van der Waals surface area (Å²) in [5, 5.41) is 2.86. The molecule has 2 aromatic rings. The van der Waals surface area contributed by atoms with Crippen LogP contribution in [-0.2, 0) is 13.1 Å². The van der Waals surface area contributed by atoms with Gasteiger partial charge in [-0.1, -0.05) is 0 Å². The van der Waals surface area contributed by atoms with Gasteiger partial charge in [-0.3, -0.25) is 9.78 Å². The number of carbonyl (C=O) groups excluding carboxylic acids is 1. The Morgan fingerprint density at radius 2 is 2.28 bits per heavy atom. The maximum atomic E-state index is 11.9. The van der Waals surface area contributed by atoms with Crippen molar-refractivity contribution in [3.63, 3.8) is 0 Å². The lowest BCUT2D eigenvalue weighted by atomic mass is 10.2. The molecular formula is C12H12BrN3OS. The van der Waals surface area contributed by atoms with Crippen molar-refractivity contribution in [2.75, 3.05) is 0 Å². The molecule has 2 aromatic heterocycles. The second kappa shape index (κ2) is 6.08. The Kier molecular flexibility index (Phi) is 4.46. The molecule has 0 unspecified atom stereocenters. The summed E-state index contributed by atoms with van der Waals surface area (Å²) < 4.78 is 1.06. The third-order valence-corrected chi connectivity index (χ3v) is 3.96. The molecule has 0 atom stereocenters. The number of thiophene rings is 1. The molecule has 0 fully saturated rings. The van der Waals surface area contributed by atoms with Gasteiger partial charge in [0.25, 0.3) is 5.91 Å². The third kappa shape index (κ3) is 3.38. The van der Waals surface area contributed by atoms with Crippen molar-refractivity contribution in [2.45, 2.75) is 13.1 Å². The number of carbonyl (C=O) groups is 1. The van der Waals surface area contributed by atoms with Crippen LogP contribution in [0, 0.1) is 0 Å². The van der Waals surface area contributed by atoms with Gasteiger partial charge in [0.15, 0.2) is 0 Å². The number of amides is 1. The fourth-order valence-corrected chi connectivity index (χ4v) is 2.87. The average molecular weight is 326 g/mol. The van der Waals surface area contributed by atoms with E-state index in [1.165, 1.54) is 0 Å². The van der Waals surface area contributed by atoms with Crippen LogP contribution in [0.15, 0.2) is 34.2 Å². The number of pyridine rings is 1. The normalized spacial score (nSPS) is 10.3. The van der Waals surface area contributed by atoms with Gasteiger partial charge < -0.3 is 11.1 Å². The minimum atomic E-state index is -0.114. The van der Waals surface area contributed by atoms with Crippen molar-refractivity contribution in [1.29, 1.82) is 0 Å². The molecule has 2 rings (SSSR count). The molecule has 0 aliphatic rings. The predicted molar refractivity (Wildman–Crippen MR) is 75.3 cm³/mol. The summed E-state index contributed by atoms with van der Waals surface area (Å²) in [7, 11) is 0. The molecule has 3 N–H and O–H groups in total. The highest BCUT2D eigenvalue weighted by Gasteiger charge is 2.07. The van der Waals surface area contributed by atoms with Gasteiger partial charge in [0, 0.05) is 23.2 Å². The highest BCUT2D eigenvalue weighted by atomic mass is 79.9. The molecule has 6 heteroatoms. The molecule has 0 bridgehead atoms. The number of rotatable bonds is 4. The summed E-state index contributed by atoms with van der Waals surface area (Å²) in [5.41, 5.74) is 6.78. The van der Waals surface area contributed by atoms with Gasteiger partial charge in [0.05, 0.1) is 16.0 Å². The molecule has 94 valence electrons. The first-order chi connectivity index (χ1) is 8.69. The maximum absolute atomic E-state index is 11.9.